The molecule has 0 spiro atoms. The Labute approximate surface area is 142 Å². The Morgan fingerprint density at radius 2 is 2.12 bits per heavy atom. The minimum Gasteiger partial charge on any atom is -0.444 e. The maximum absolute atomic E-state index is 12.0. The van der Waals surface area contributed by atoms with Crippen LogP contribution in [-0.2, 0) is 17.8 Å². The van der Waals surface area contributed by atoms with Crippen molar-refractivity contribution in [2.75, 3.05) is 11.9 Å². The number of rotatable bonds is 4. The Morgan fingerprint density at radius 3 is 2.71 bits per heavy atom. The first-order chi connectivity index (χ1) is 11.1. The number of aromatic nitrogens is 1. The fourth-order valence-electron chi connectivity index (χ4n) is 2.33. The van der Waals surface area contributed by atoms with Gasteiger partial charge in [-0.15, -0.1) is 0 Å². The lowest BCUT2D eigenvalue weighted by atomic mass is 10.1. The van der Waals surface area contributed by atoms with Crippen molar-refractivity contribution in [3.63, 3.8) is 0 Å². The van der Waals surface area contributed by atoms with E-state index in [2.05, 4.69) is 15.6 Å². The van der Waals surface area contributed by atoms with Crippen LogP contribution >= 0.6 is 0 Å². The molecule has 2 heterocycles. The maximum atomic E-state index is 12.0. The minimum atomic E-state index is -0.559. The van der Waals surface area contributed by atoms with Crippen molar-refractivity contribution in [2.45, 2.75) is 59.4 Å². The van der Waals surface area contributed by atoms with Crippen LogP contribution in [0.5, 0.6) is 0 Å². The number of fused-ring (bicyclic) bond motifs is 1. The molecule has 1 aromatic heterocycles. The van der Waals surface area contributed by atoms with Crippen LogP contribution in [0.4, 0.5) is 10.6 Å². The molecule has 0 unspecified atom stereocenters. The maximum Gasteiger partial charge on any atom is 0.407 e. The van der Waals surface area contributed by atoms with Crippen molar-refractivity contribution in [3.8, 4) is 0 Å². The van der Waals surface area contributed by atoms with Crippen molar-refractivity contribution in [3.05, 3.63) is 22.9 Å². The van der Waals surface area contributed by atoms with E-state index in [4.69, 9.17) is 4.74 Å². The smallest absolute Gasteiger partial charge is 0.407 e. The fraction of sp³-hybridized carbons (Fsp3) is 0.588. The van der Waals surface area contributed by atoms with E-state index in [1.165, 1.54) is 0 Å². The van der Waals surface area contributed by atoms with Crippen molar-refractivity contribution >= 4 is 17.8 Å². The molecule has 2 N–H and O–H groups in total. The third-order valence-electron chi connectivity index (χ3n) is 3.80. The fourth-order valence-corrected chi connectivity index (χ4v) is 2.33. The third-order valence-corrected chi connectivity index (χ3v) is 3.80. The zero-order valence-electron chi connectivity index (χ0n) is 15.2. The molecule has 0 aliphatic carbocycles. The lowest BCUT2D eigenvalue weighted by Gasteiger charge is -2.24. The summed E-state index contributed by atoms with van der Waals surface area (Å²) in [7, 11) is 1.93. The summed E-state index contributed by atoms with van der Waals surface area (Å²) in [4.78, 5) is 30.5. The molecule has 7 nitrogen and oxygen atoms in total. The molecule has 7 heteroatoms. The molecular formula is C17H26N4O3. The topological polar surface area (TPSA) is 83.6 Å². The molecule has 1 aromatic rings. The van der Waals surface area contributed by atoms with Crippen molar-refractivity contribution in [1.82, 2.24) is 15.6 Å². The van der Waals surface area contributed by atoms with Gasteiger partial charge in [0.2, 0.25) is 0 Å². The predicted molar refractivity (Wildman–Crippen MR) is 92.0 cm³/mol. The van der Waals surface area contributed by atoms with Gasteiger partial charge in [0.15, 0.2) is 0 Å². The van der Waals surface area contributed by atoms with Crippen LogP contribution in [0.25, 0.3) is 0 Å². The van der Waals surface area contributed by atoms with Gasteiger partial charge in [0.1, 0.15) is 11.4 Å². The third kappa shape index (κ3) is 4.15. The van der Waals surface area contributed by atoms with Crippen LogP contribution in [-0.4, -0.2) is 35.7 Å². The summed E-state index contributed by atoms with van der Waals surface area (Å²) in [5.41, 5.74) is 1.57. The number of hydrogen-bond acceptors (Lipinski definition) is 5. The molecule has 0 fully saturated rings. The highest BCUT2D eigenvalue weighted by atomic mass is 16.6. The summed E-state index contributed by atoms with van der Waals surface area (Å²) >= 11 is 0. The number of ether oxygens (including phenoxy) is 1. The molecule has 0 radical (unpaired) electrons. The number of amides is 2. The van der Waals surface area contributed by atoms with Gasteiger partial charge in [0.05, 0.1) is 12.2 Å². The quantitative estimate of drug-likeness (QED) is 0.882. The van der Waals surface area contributed by atoms with Crippen molar-refractivity contribution in [2.24, 2.45) is 0 Å². The second-order valence-corrected chi connectivity index (χ2v) is 7.20. The highest BCUT2D eigenvalue weighted by Crippen LogP contribution is 2.24. The van der Waals surface area contributed by atoms with Crippen molar-refractivity contribution < 1.29 is 14.3 Å². The lowest BCUT2D eigenvalue weighted by Crippen LogP contribution is -2.33. The van der Waals surface area contributed by atoms with E-state index in [9.17, 15) is 9.59 Å². The van der Waals surface area contributed by atoms with Crippen LogP contribution in [0.2, 0.25) is 0 Å². The highest BCUT2D eigenvalue weighted by molar-refractivity contribution is 5.99. The number of carbonyl (C=O) groups excluding carboxylic acids is 2. The second-order valence-electron chi connectivity index (χ2n) is 7.20. The second kappa shape index (κ2) is 6.67. The molecule has 0 saturated carbocycles. The Balaban J connectivity index is 2.24. The molecule has 0 aromatic carbocycles. The normalized spacial score (nSPS) is 13.5. The van der Waals surface area contributed by atoms with Gasteiger partial charge in [0, 0.05) is 30.8 Å². The molecule has 0 saturated heterocycles. The Kier molecular flexibility index (Phi) is 5.01. The van der Waals surface area contributed by atoms with E-state index in [-0.39, 0.29) is 18.5 Å². The number of pyridine rings is 1. The molecule has 1 aliphatic rings. The molecular weight excluding hydrogens is 308 g/mol. The van der Waals surface area contributed by atoms with E-state index in [1.807, 2.05) is 46.6 Å². The summed E-state index contributed by atoms with van der Waals surface area (Å²) in [6.45, 7) is 10.2. The van der Waals surface area contributed by atoms with Crippen LogP contribution in [0.3, 0.4) is 0 Å². The monoisotopic (exact) mass is 334 g/mol. The summed E-state index contributed by atoms with van der Waals surface area (Å²) in [6, 6.07) is 2.04. The van der Waals surface area contributed by atoms with E-state index < -0.39 is 11.7 Å². The summed E-state index contributed by atoms with van der Waals surface area (Å²) in [5, 5.41) is 5.52. The zero-order valence-corrected chi connectivity index (χ0v) is 15.2. The first-order valence-corrected chi connectivity index (χ1v) is 8.09. The molecule has 132 valence electrons. The van der Waals surface area contributed by atoms with Crippen LogP contribution < -0.4 is 15.5 Å². The number of anilines is 1. The summed E-state index contributed by atoms with van der Waals surface area (Å²) in [6.07, 6.45) is -0.502. The first-order valence-electron chi connectivity index (χ1n) is 8.09. The van der Waals surface area contributed by atoms with E-state index in [0.717, 1.165) is 5.56 Å². The Bertz CT molecular complexity index is 650. The molecule has 0 atom stereocenters. The number of alkyl carbamates (subject to hydrolysis) is 1. The lowest BCUT2D eigenvalue weighted by molar-refractivity contribution is 0.0522. The van der Waals surface area contributed by atoms with Gasteiger partial charge < -0.3 is 20.3 Å². The average molecular weight is 334 g/mol. The minimum absolute atomic E-state index is 0.107. The number of nitrogens with zero attached hydrogens (tertiary/aromatic N) is 2. The van der Waals surface area contributed by atoms with Gasteiger partial charge >= 0.3 is 6.09 Å². The predicted octanol–water partition coefficient (Wildman–Crippen LogP) is 2.19. The molecule has 2 amide bonds. The Hall–Kier alpha value is -2.31. The first kappa shape index (κ1) is 18.0. The van der Waals surface area contributed by atoms with Gasteiger partial charge in [-0.25, -0.2) is 9.78 Å². The van der Waals surface area contributed by atoms with Crippen molar-refractivity contribution in [1.29, 1.82) is 0 Å². The van der Waals surface area contributed by atoms with Crippen LogP contribution in [0.15, 0.2) is 6.07 Å². The van der Waals surface area contributed by atoms with Gasteiger partial charge in [0.25, 0.3) is 5.91 Å². The number of nitrogens with one attached hydrogen (secondary N) is 2. The molecule has 24 heavy (non-hydrogen) atoms. The summed E-state index contributed by atoms with van der Waals surface area (Å²) in [5.74, 6) is 0.603. The van der Waals surface area contributed by atoms with Gasteiger partial charge in [-0.3, -0.25) is 4.79 Å². The summed E-state index contributed by atoms with van der Waals surface area (Å²) < 4.78 is 5.25. The average Bonchev–Trinajstić information content (AvgIpc) is 2.83. The molecule has 0 bridgehead atoms. The standard InChI is InChI=1S/C17H26N4O3/c1-10(2)21(6)14-7-11-12(8-18-15(11)22)13(20-14)9-19-16(23)24-17(3,4)5/h7,10H,8-9H2,1-6H3,(H,18,22)(H,19,23). The van der Waals surface area contributed by atoms with Gasteiger partial charge in [-0.1, -0.05) is 0 Å². The molecule has 1 aliphatic heterocycles. The number of hydrogen-bond donors (Lipinski definition) is 2. The SMILES string of the molecule is CC(C)N(C)c1cc2c(c(CNC(=O)OC(C)(C)C)n1)CNC2=O. The van der Waals surface area contributed by atoms with E-state index in [0.29, 0.717) is 23.6 Å². The van der Waals surface area contributed by atoms with Crippen LogP contribution in [0, 0.1) is 0 Å². The zero-order chi connectivity index (χ0) is 18.1. The Morgan fingerprint density at radius 1 is 1.46 bits per heavy atom. The molecule has 2 rings (SSSR count). The largest absolute Gasteiger partial charge is 0.444 e. The number of carbonyl (C=O) groups is 2. The van der Waals surface area contributed by atoms with E-state index in [1.54, 1.807) is 6.07 Å². The van der Waals surface area contributed by atoms with Gasteiger partial charge in [-0.2, -0.15) is 0 Å². The van der Waals surface area contributed by atoms with Gasteiger partial charge in [-0.05, 0) is 40.7 Å². The highest BCUT2D eigenvalue weighted by Gasteiger charge is 2.26. The van der Waals surface area contributed by atoms with E-state index >= 15 is 0 Å². The van der Waals surface area contributed by atoms with Crippen LogP contribution in [0.1, 0.15) is 56.2 Å².